The molecule has 0 bridgehead atoms. The third kappa shape index (κ3) is 5.70. The van der Waals surface area contributed by atoms with Crippen LogP contribution in [0.3, 0.4) is 0 Å². The van der Waals surface area contributed by atoms with Crippen molar-refractivity contribution in [2.45, 2.75) is 45.4 Å². The summed E-state index contributed by atoms with van der Waals surface area (Å²) in [6.45, 7) is 3.28. The molecule has 3 nitrogen and oxygen atoms in total. The summed E-state index contributed by atoms with van der Waals surface area (Å²) in [5.41, 5.74) is 0. The van der Waals surface area contributed by atoms with Gasteiger partial charge in [0.15, 0.2) is 0 Å². The highest BCUT2D eigenvalue weighted by Gasteiger charge is 2.29. The second kappa shape index (κ2) is 7.49. The molecule has 0 aromatic heterocycles. The second-order valence-electron chi connectivity index (χ2n) is 5.96. The molecule has 0 amide bonds. The van der Waals surface area contributed by atoms with Crippen LogP contribution in [0.15, 0.2) is 0 Å². The van der Waals surface area contributed by atoms with E-state index in [0.717, 1.165) is 18.9 Å². The highest BCUT2D eigenvalue weighted by molar-refractivity contribution is 7.90. The third-order valence-electron chi connectivity index (χ3n) is 4.27. The van der Waals surface area contributed by atoms with Crippen molar-refractivity contribution in [1.29, 1.82) is 0 Å². The molecule has 1 rings (SSSR count). The summed E-state index contributed by atoms with van der Waals surface area (Å²) >= 11 is 0. The highest BCUT2D eigenvalue weighted by Crippen LogP contribution is 2.37. The van der Waals surface area contributed by atoms with Crippen LogP contribution in [0.5, 0.6) is 0 Å². The van der Waals surface area contributed by atoms with Gasteiger partial charge in [-0.15, -0.1) is 0 Å². The Hall–Kier alpha value is -0.0900. The molecule has 0 heterocycles. The topological polar surface area (TPSA) is 46.2 Å². The number of hydrogen-bond donors (Lipinski definition) is 1. The van der Waals surface area contributed by atoms with Crippen LogP contribution in [0.25, 0.3) is 0 Å². The molecule has 108 valence electrons. The summed E-state index contributed by atoms with van der Waals surface area (Å²) in [6, 6.07) is 0. The predicted molar refractivity (Wildman–Crippen MR) is 77.5 cm³/mol. The van der Waals surface area contributed by atoms with E-state index in [1.807, 2.05) is 7.05 Å². The summed E-state index contributed by atoms with van der Waals surface area (Å²) < 4.78 is 22.7. The van der Waals surface area contributed by atoms with Gasteiger partial charge in [0.2, 0.25) is 0 Å². The fourth-order valence-corrected chi connectivity index (χ4v) is 4.08. The molecule has 1 fully saturated rings. The Labute approximate surface area is 113 Å². The van der Waals surface area contributed by atoms with Crippen LogP contribution in [-0.4, -0.2) is 34.0 Å². The lowest BCUT2D eigenvalue weighted by atomic mass is 9.71. The van der Waals surface area contributed by atoms with Crippen LogP contribution < -0.4 is 5.32 Å². The van der Waals surface area contributed by atoms with Gasteiger partial charge in [-0.05, 0) is 50.6 Å². The van der Waals surface area contributed by atoms with E-state index in [4.69, 9.17) is 0 Å². The molecule has 0 aliphatic heterocycles. The molecule has 1 saturated carbocycles. The monoisotopic (exact) mass is 275 g/mol. The standard InChI is InChI=1S/C14H29NO2S/c1-4-5-12-6-7-14(11-15-2)13(10-12)8-9-18(3,16)17/h12-15H,4-11H2,1-3H3. The third-order valence-corrected chi connectivity index (χ3v) is 5.25. The van der Waals surface area contributed by atoms with Crippen molar-refractivity contribution in [3.63, 3.8) is 0 Å². The quantitative estimate of drug-likeness (QED) is 0.776. The van der Waals surface area contributed by atoms with E-state index in [-0.39, 0.29) is 0 Å². The first kappa shape index (κ1) is 16.0. The molecule has 1 N–H and O–H groups in total. The van der Waals surface area contributed by atoms with Gasteiger partial charge < -0.3 is 5.32 Å². The smallest absolute Gasteiger partial charge is 0.147 e. The largest absolute Gasteiger partial charge is 0.319 e. The van der Waals surface area contributed by atoms with Crippen LogP contribution in [0, 0.1) is 17.8 Å². The Morgan fingerprint density at radius 1 is 1.17 bits per heavy atom. The van der Waals surface area contributed by atoms with E-state index in [1.165, 1.54) is 38.4 Å². The van der Waals surface area contributed by atoms with E-state index < -0.39 is 9.84 Å². The van der Waals surface area contributed by atoms with Crippen molar-refractivity contribution in [2.75, 3.05) is 25.6 Å². The van der Waals surface area contributed by atoms with Crippen molar-refractivity contribution in [1.82, 2.24) is 5.32 Å². The number of hydrogen-bond acceptors (Lipinski definition) is 3. The SMILES string of the molecule is CCCC1CCC(CNC)C(CCS(C)(=O)=O)C1. The van der Waals surface area contributed by atoms with E-state index in [0.29, 0.717) is 17.6 Å². The van der Waals surface area contributed by atoms with Crippen LogP contribution in [0.2, 0.25) is 0 Å². The maximum atomic E-state index is 11.3. The fraction of sp³-hybridized carbons (Fsp3) is 1.00. The molecular weight excluding hydrogens is 246 g/mol. The van der Waals surface area contributed by atoms with Crippen LogP contribution in [0.1, 0.15) is 45.4 Å². The van der Waals surface area contributed by atoms with Crippen molar-refractivity contribution in [3.8, 4) is 0 Å². The second-order valence-corrected chi connectivity index (χ2v) is 8.22. The van der Waals surface area contributed by atoms with E-state index >= 15 is 0 Å². The van der Waals surface area contributed by atoms with Gasteiger partial charge in [-0.1, -0.05) is 26.2 Å². The zero-order valence-electron chi connectivity index (χ0n) is 12.1. The van der Waals surface area contributed by atoms with Crippen LogP contribution in [0.4, 0.5) is 0 Å². The van der Waals surface area contributed by atoms with Crippen LogP contribution in [-0.2, 0) is 9.84 Å². The van der Waals surface area contributed by atoms with E-state index in [9.17, 15) is 8.42 Å². The Kier molecular flexibility index (Phi) is 6.64. The van der Waals surface area contributed by atoms with Crippen molar-refractivity contribution < 1.29 is 8.42 Å². The van der Waals surface area contributed by atoms with Gasteiger partial charge in [0, 0.05) is 6.26 Å². The Bertz CT molecular complexity index is 327. The lowest BCUT2D eigenvalue weighted by Gasteiger charge is -2.36. The maximum Gasteiger partial charge on any atom is 0.147 e. The lowest BCUT2D eigenvalue weighted by molar-refractivity contribution is 0.166. The van der Waals surface area contributed by atoms with Gasteiger partial charge in [0.1, 0.15) is 9.84 Å². The average Bonchev–Trinajstić information content (AvgIpc) is 2.29. The minimum absolute atomic E-state index is 0.358. The lowest BCUT2D eigenvalue weighted by Crippen LogP contribution is -2.33. The first-order chi connectivity index (χ1) is 8.46. The van der Waals surface area contributed by atoms with Gasteiger partial charge in [0.05, 0.1) is 5.75 Å². The minimum atomic E-state index is -2.81. The molecule has 3 atom stereocenters. The molecular formula is C14H29NO2S. The number of nitrogens with one attached hydrogen (secondary N) is 1. The molecule has 0 spiro atoms. The highest BCUT2D eigenvalue weighted by atomic mass is 32.2. The van der Waals surface area contributed by atoms with Crippen molar-refractivity contribution >= 4 is 9.84 Å². The maximum absolute atomic E-state index is 11.3. The summed E-state index contributed by atoms with van der Waals surface area (Å²) in [5.74, 6) is 2.45. The van der Waals surface area contributed by atoms with Gasteiger partial charge in [-0.25, -0.2) is 8.42 Å². The summed E-state index contributed by atoms with van der Waals surface area (Å²) in [6.07, 6.45) is 8.59. The first-order valence-corrected chi connectivity index (χ1v) is 9.34. The van der Waals surface area contributed by atoms with E-state index in [1.54, 1.807) is 0 Å². The van der Waals surface area contributed by atoms with Gasteiger partial charge in [0.25, 0.3) is 0 Å². The Morgan fingerprint density at radius 3 is 2.44 bits per heavy atom. The summed E-state index contributed by atoms with van der Waals surface area (Å²) in [5, 5.41) is 3.26. The van der Waals surface area contributed by atoms with Crippen LogP contribution >= 0.6 is 0 Å². The molecule has 4 heteroatoms. The molecule has 0 saturated heterocycles. The zero-order chi connectivity index (χ0) is 13.6. The minimum Gasteiger partial charge on any atom is -0.319 e. The van der Waals surface area contributed by atoms with Gasteiger partial charge in [-0.2, -0.15) is 0 Å². The Morgan fingerprint density at radius 2 is 1.89 bits per heavy atom. The molecule has 0 aromatic carbocycles. The van der Waals surface area contributed by atoms with Crippen molar-refractivity contribution in [2.24, 2.45) is 17.8 Å². The molecule has 1 aliphatic rings. The average molecular weight is 275 g/mol. The molecule has 0 aromatic rings. The number of rotatable bonds is 7. The predicted octanol–water partition coefficient (Wildman–Crippen LogP) is 2.47. The molecule has 1 aliphatic carbocycles. The zero-order valence-corrected chi connectivity index (χ0v) is 12.9. The Balaban J connectivity index is 2.54. The molecule has 18 heavy (non-hydrogen) atoms. The summed E-state index contributed by atoms with van der Waals surface area (Å²) in [7, 11) is -0.820. The number of sulfone groups is 1. The van der Waals surface area contributed by atoms with Gasteiger partial charge in [-0.3, -0.25) is 0 Å². The van der Waals surface area contributed by atoms with Crippen molar-refractivity contribution in [3.05, 3.63) is 0 Å². The normalized spacial score (nSPS) is 29.4. The molecule has 3 unspecified atom stereocenters. The fourth-order valence-electron chi connectivity index (χ4n) is 3.34. The van der Waals surface area contributed by atoms with E-state index in [2.05, 4.69) is 12.2 Å². The van der Waals surface area contributed by atoms with Gasteiger partial charge >= 0.3 is 0 Å². The first-order valence-electron chi connectivity index (χ1n) is 7.28. The molecule has 0 radical (unpaired) electrons. The summed E-state index contributed by atoms with van der Waals surface area (Å²) in [4.78, 5) is 0.